The monoisotopic (exact) mass is 443 g/mol. The minimum absolute atomic E-state index is 0.119. The summed E-state index contributed by atoms with van der Waals surface area (Å²) < 4.78 is 3.49. The van der Waals surface area contributed by atoms with E-state index in [2.05, 4.69) is 32.7 Å². The van der Waals surface area contributed by atoms with Crippen LogP contribution in [-0.2, 0) is 13.0 Å². The molecule has 0 amide bonds. The maximum absolute atomic E-state index is 13.2. The van der Waals surface area contributed by atoms with Gasteiger partial charge in [-0.3, -0.25) is 4.79 Å². The zero-order valence-electron chi connectivity index (χ0n) is 18.3. The van der Waals surface area contributed by atoms with Crippen molar-refractivity contribution in [2.75, 3.05) is 11.9 Å². The maximum Gasteiger partial charge on any atom is 0.278 e. The summed E-state index contributed by atoms with van der Waals surface area (Å²) in [6.45, 7) is 3.52. The molecule has 1 aliphatic heterocycles. The predicted octanol–water partition coefficient (Wildman–Crippen LogP) is 2.75. The SMILES string of the molecule is CC(O)c1cccc(-n2c3nc(Nc4ccc5c(c4)CNCC5)ncc3c(=O)n2C2CC2)n1. The highest BCUT2D eigenvalue weighted by molar-refractivity contribution is 5.77. The third-order valence-electron chi connectivity index (χ3n) is 6.27. The molecule has 6 rings (SSSR count). The zero-order valence-corrected chi connectivity index (χ0v) is 18.3. The van der Waals surface area contributed by atoms with Crippen molar-refractivity contribution in [3.63, 3.8) is 0 Å². The lowest BCUT2D eigenvalue weighted by atomic mass is 10.0. The topological polar surface area (TPSA) is 110 Å². The van der Waals surface area contributed by atoms with Gasteiger partial charge in [0.05, 0.1) is 17.8 Å². The number of nitrogens with zero attached hydrogens (tertiary/aromatic N) is 5. The van der Waals surface area contributed by atoms with Crippen LogP contribution in [0.1, 0.15) is 48.7 Å². The number of pyridine rings is 1. The van der Waals surface area contributed by atoms with E-state index in [9.17, 15) is 9.90 Å². The van der Waals surface area contributed by atoms with Gasteiger partial charge in [0.15, 0.2) is 11.5 Å². The van der Waals surface area contributed by atoms with Crippen LogP contribution < -0.4 is 16.2 Å². The van der Waals surface area contributed by atoms with Gasteiger partial charge in [0.25, 0.3) is 5.56 Å². The van der Waals surface area contributed by atoms with E-state index in [-0.39, 0.29) is 11.6 Å². The molecule has 1 saturated carbocycles. The smallest absolute Gasteiger partial charge is 0.278 e. The van der Waals surface area contributed by atoms with Crippen molar-refractivity contribution in [2.45, 2.75) is 44.9 Å². The van der Waals surface area contributed by atoms with Crippen LogP contribution in [0.5, 0.6) is 0 Å². The molecule has 4 heterocycles. The van der Waals surface area contributed by atoms with Gasteiger partial charge < -0.3 is 15.7 Å². The molecule has 0 saturated heterocycles. The Morgan fingerprint density at radius 1 is 1.18 bits per heavy atom. The molecule has 0 bridgehead atoms. The average molecular weight is 444 g/mol. The number of hydrogen-bond donors (Lipinski definition) is 3. The Labute approximate surface area is 190 Å². The minimum Gasteiger partial charge on any atom is -0.387 e. The number of aliphatic hydroxyl groups excluding tert-OH is 1. The summed E-state index contributed by atoms with van der Waals surface area (Å²) in [5.41, 5.74) is 4.45. The molecule has 1 unspecified atom stereocenters. The molecule has 1 aromatic carbocycles. The third kappa shape index (κ3) is 3.59. The van der Waals surface area contributed by atoms with Crippen LogP contribution in [-0.4, -0.2) is 36.0 Å². The number of anilines is 2. The van der Waals surface area contributed by atoms with Crippen molar-refractivity contribution in [1.29, 1.82) is 0 Å². The molecule has 2 aliphatic rings. The lowest BCUT2D eigenvalue weighted by Crippen LogP contribution is -2.23. The van der Waals surface area contributed by atoms with E-state index in [0.29, 0.717) is 28.5 Å². The summed E-state index contributed by atoms with van der Waals surface area (Å²) in [4.78, 5) is 27.0. The second-order valence-corrected chi connectivity index (χ2v) is 8.76. The van der Waals surface area contributed by atoms with Gasteiger partial charge in [0, 0.05) is 18.4 Å². The molecule has 168 valence electrons. The molecule has 1 atom stereocenters. The van der Waals surface area contributed by atoms with Gasteiger partial charge in [0.2, 0.25) is 5.95 Å². The zero-order chi connectivity index (χ0) is 22.5. The first-order valence-corrected chi connectivity index (χ1v) is 11.3. The highest BCUT2D eigenvalue weighted by atomic mass is 16.3. The van der Waals surface area contributed by atoms with Crippen LogP contribution in [0.4, 0.5) is 11.6 Å². The first-order chi connectivity index (χ1) is 16.1. The fraction of sp³-hybridized carbons (Fsp3) is 0.333. The molecule has 33 heavy (non-hydrogen) atoms. The molecule has 9 heteroatoms. The van der Waals surface area contributed by atoms with Crippen molar-refractivity contribution >= 4 is 22.7 Å². The predicted molar refractivity (Wildman–Crippen MR) is 125 cm³/mol. The molecule has 3 N–H and O–H groups in total. The van der Waals surface area contributed by atoms with Crippen molar-refractivity contribution < 1.29 is 5.11 Å². The Balaban J connectivity index is 1.46. The Bertz CT molecular complexity index is 1420. The summed E-state index contributed by atoms with van der Waals surface area (Å²) in [7, 11) is 0. The van der Waals surface area contributed by atoms with Crippen molar-refractivity contribution in [2.24, 2.45) is 0 Å². The maximum atomic E-state index is 13.2. The summed E-state index contributed by atoms with van der Waals surface area (Å²) >= 11 is 0. The van der Waals surface area contributed by atoms with Gasteiger partial charge >= 0.3 is 0 Å². The quantitative estimate of drug-likeness (QED) is 0.435. The van der Waals surface area contributed by atoms with Crippen LogP contribution >= 0.6 is 0 Å². The lowest BCUT2D eigenvalue weighted by Gasteiger charge is -2.18. The molecule has 0 radical (unpaired) electrons. The standard InChI is InChI=1S/C24H25N7O2/c1-14(32)20-3-2-4-21(28-20)31-22-19(23(33)30(31)18-7-8-18)13-26-24(29-22)27-17-6-5-15-9-10-25-12-16(15)11-17/h2-6,11,13-14,18,25,32H,7-10,12H2,1H3,(H,26,27,29). The summed E-state index contributed by atoms with van der Waals surface area (Å²) in [5, 5.41) is 17.2. The number of nitrogens with one attached hydrogen (secondary N) is 2. The second kappa shape index (κ2) is 7.79. The first kappa shape index (κ1) is 20.1. The Morgan fingerprint density at radius 2 is 2.06 bits per heavy atom. The highest BCUT2D eigenvalue weighted by Crippen LogP contribution is 2.35. The first-order valence-electron chi connectivity index (χ1n) is 11.3. The van der Waals surface area contributed by atoms with E-state index in [1.54, 1.807) is 28.6 Å². The Hall–Kier alpha value is -3.56. The Morgan fingerprint density at radius 3 is 2.88 bits per heavy atom. The van der Waals surface area contributed by atoms with Crippen LogP contribution in [0.2, 0.25) is 0 Å². The van der Waals surface area contributed by atoms with Crippen LogP contribution in [0, 0.1) is 0 Å². The fourth-order valence-electron chi connectivity index (χ4n) is 4.41. The van der Waals surface area contributed by atoms with Crippen molar-refractivity contribution in [1.82, 2.24) is 29.6 Å². The van der Waals surface area contributed by atoms with Gasteiger partial charge in [-0.15, -0.1) is 0 Å². The van der Waals surface area contributed by atoms with Gasteiger partial charge in [0.1, 0.15) is 5.39 Å². The van der Waals surface area contributed by atoms with Gasteiger partial charge in [-0.1, -0.05) is 12.1 Å². The molecule has 1 aliphatic carbocycles. The van der Waals surface area contributed by atoms with Crippen LogP contribution in [0.25, 0.3) is 16.9 Å². The second-order valence-electron chi connectivity index (χ2n) is 8.76. The number of fused-ring (bicyclic) bond motifs is 2. The summed E-state index contributed by atoms with van der Waals surface area (Å²) in [6.07, 6.45) is 3.78. The van der Waals surface area contributed by atoms with E-state index in [0.717, 1.165) is 38.0 Å². The van der Waals surface area contributed by atoms with Crippen molar-refractivity contribution in [3.05, 3.63) is 69.8 Å². The Kier molecular flexibility index (Phi) is 4.74. The lowest BCUT2D eigenvalue weighted by molar-refractivity contribution is 0.194. The van der Waals surface area contributed by atoms with Crippen LogP contribution in [0.3, 0.4) is 0 Å². The number of aliphatic hydroxyl groups is 1. The minimum atomic E-state index is -0.710. The van der Waals surface area contributed by atoms with E-state index in [4.69, 9.17) is 4.98 Å². The number of rotatable bonds is 5. The number of benzene rings is 1. The molecule has 4 aromatic rings. The third-order valence-corrected chi connectivity index (χ3v) is 6.27. The fourth-order valence-corrected chi connectivity index (χ4v) is 4.41. The average Bonchev–Trinajstić information content (AvgIpc) is 3.63. The normalized spacial score (nSPS) is 16.5. The number of hydrogen-bond acceptors (Lipinski definition) is 7. The summed E-state index contributed by atoms with van der Waals surface area (Å²) in [6, 6.07) is 11.8. The molecule has 1 fully saturated rings. The molecule has 0 spiro atoms. The van der Waals surface area contributed by atoms with E-state index in [1.807, 2.05) is 18.2 Å². The summed E-state index contributed by atoms with van der Waals surface area (Å²) in [5.74, 6) is 0.969. The van der Waals surface area contributed by atoms with Gasteiger partial charge in [-0.25, -0.2) is 19.3 Å². The van der Waals surface area contributed by atoms with Crippen molar-refractivity contribution in [3.8, 4) is 5.82 Å². The largest absolute Gasteiger partial charge is 0.387 e. The highest BCUT2D eigenvalue weighted by Gasteiger charge is 2.31. The van der Waals surface area contributed by atoms with E-state index < -0.39 is 6.10 Å². The molecule has 9 nitrogen and oxygen atoms in total. The number of aromatic nitrogens is 5. The van der Waals surface area contributed by atoms with E-state index >= 15 is 0 Å². The van der Waals surface area contributed by atoms with Gasteiger partial charge in [-0.2, -0.15) is 4.98 Å². The molecular formula is C24H25N7O2. The van der Waals surface area contributed by atoms with E-state index in [1.165, 1.54) is 11.1 Å². The molecular weight excluding hydrogens is 418 g/mol. The van der Waals surface area contributed by atoms with Crippen LogP contribution in [0.15, 0.2) is 47.4 Å². The molecule has 3 aromatic heterocycles. The van der Waals surface area contributed by atoms with Gasteiger partial charge in [-0.05, 0) is 68.1 Å².